The predicted octanol–water partition coefficient (Wildman–Crippen LogP) is 1.17. The molecule has 0 aromatic heterocycles. The van der Waals surface area contributed by atoms with E-state index < -0.39 is 0 Å². The fourth-order valence-electron chi connectivity index (χ4n) is 0.428. The predicted molar refractivity (Wildman–Crippen MR) is 48.4 cm³/mol. The molecule has 0 unspecified atom stereocenters. The van der Waals surface area contributed by atoms with Crippen LogP contribution in [-0.2, 0) is 0 Å². The molecule has 0 bridgehead atoms. The van der Waals surface area contributed by atoms with Gasteiger partial charge in [0.25, 0.3) is 6.26 Å². The van der Waals surface area contributed by atoms with E-state index >= 15 is 0 Å². The van der Waals surface area contributed by atoms with Crippen LogP contribution < -0.4 is 0 Å². The van der Waals surface area contributed by atoms with Crippen LogP contribution in [0.3, 0.4) is 0 Å². The number of benzene rings is 1. The molecule has 0 amide bonds. The van der Waals surface area contributed by atoms with E-state index in [1.54, 1.807) is 0 Å². The molecule has 1 aromatic rings. The van der Waals surface area contributed by atoms with Gasteiger partial charge in [-0.1, -0.05) is 18.2 Å². The Morgan fingerprint density at radius 3 is 1.82 bits per heavy atom. The van der Waals surface area contributed by atoms with Crippen LogP contribution in [-0.4, -0.2) is 34.7 Å². The molecule has 4 heteroatoms. The van der Waals surface area contributed by atoms with E-state index in [1.807, 2.05) is 30.3 Å². The molecule has 2 nitrogen and oxygen atoms in total. The van der Waals surface area contributed by atoms with Gasteiger partial charge in [-0.25, -0.2) is 0 Å². The Hall–Kier alpha value is -0.140. The summed E-state index contributed by atoms with van der Waals surface area (Å²) in [5.74, 6) is 0. The van der Waals surface area contributed by atoms with Gasteiger partial charge < -0.3 is 5.11 Å². The Kier molecular flexibility index (Phi) is 12.1. The number of aliphatic hydroxyl groups excluding tert-OH is 1. The first kappa shape index (κ1) is 13.4. The summed E-state index contributed by atoms with van der Waals surface area (Å²) >= 11 is 4.08. The second-order valence-corrected chi connectivity index (χ2v) is 1.95. The molecular formula is C7H8NNaOS. The van der Waals surface area contributed by atoms with Crippen molar-refractivity contribution in [3.05, 3.63) is 30.3 Å². The van der Waals surface area contributed by atoms with Crippen molar-refractivity contribution in [2.24, 2.45) is 0 Å². The van der Waals surface area contributed by atoms with Gasteiger partial charge in [-0.05, 0) is 12.1 Å². The monoisotopic (exact) mass is 177 g/mol. The van der Waals surface area contributed by atoms with Crippen molar-refractivity contribution < 1.29 is 5.11 Å². The topological polar surface area (TPSA) is 44.0 Å². The average molecular weight is 177 g/mol. The van der Waals surface area contributed by atoms with Crippen molar-refractivity contribution in [1.29, 1.82) is 5.26 Å². The molecule has 1 aromatic carbocycles. The van der Waals surface area contributed by atoms with Crippen LogP contribution in [0.1, 0.15) is 0 Å². The van der Waals surface area contributed by atoms with E-state index in [4.69, 9.17) is 10.4 Å². The standard InChI is InChI=1S/C6H6S.CHNO.Na.H/c7-6-4-2-1-3-5-6;2-1-3;;/h1-5,7H;3H;;. The first-order chi connectivity index (χ1) is 4.81. The average Bonchev–Trinajstić information content (AvgIpc) is 1.91. The van der Waals surface area contributed by atoms with Gasteiger partial charge in [0, 0.05) is 4.90 Å². The minimum absolute atomic E-state index is 0. The fourth-order valence-corrected chi connectivity index (χ4v) is 0.600. The van der Waals surface area contributed by atoms with Crippen LogP contribution in [0.2, 0.25) is 0 Å². The normalized spacial score (nSPS) is 6.18. The molecule has 54 valence electrons. The summed E-state index contributed by atoms with van der Waals surface area (Å²) in [6.07, 6.45) is 0.750. The second kappa shape index (κ2) is 9.86. The minimum atomic E-state index is 0. The quantitative estimate of drug-likeness (QED) is 0.355. The van der Waals surface area contributed by atoms with Gasteiger partial charge >= 0.3 is 29.6 Å². The number of hydrogen-bond donors (Lipinski definition) is 2. The van der Waals surface area contributed by atoms with Gasteiger partial charge in [0.05, 0.1) is 0 Å². The first-order valence-corrected chi connectivity index (χ1v) is 3.03. The molecule has 0 aliphatic carbocycles. The molecule has 0 atom stereocenters. The van der Waals surface area contributed by atoms with E-state index in [2.05, 4.69) is 12.6 Å². The molecule has 0 aliphatic heterocycles. The molecule has 1 N–H and O–H groups in total. The Labute approximate surface area is 93.6 Å². The van der Waals surface area contributed by atoms with Crippen LogP contribution in [0.25, 0.3) is 0 Å². The second-order valence-electron chi connectivity index (χ2n) is 1.44. The maximum absolute atomic E-state index is 6.88. The molecule has 0 saturated heterocycles. The number of hydrogen-bond acceptors (Lipinski definition) is 3. The summed E-state index contributed by atoms with van der Waals surface area (Å²) in [5.41, 5.74) is 0. The summed E-state index contributed by atoms with van der Waals surface area (Å²) in [6, 6.07) is 9.79. The van der Waals surface area contributed by atoms with Crippen molar-refractivity contribution in [2.45, 2.75) is 4.90 Å². The molecule has 0 heterocycles. The van der Waals surface area contributed by atoms with Gasteiger partial charge in [0.1, 0.15) is 0 Å². The molecule has 0 fully saturated rings. The number of thiol groups is 1. The van der Waals surface area contributed by atoms with E-state index in [0.29, 0.717) is 0 Å². The Bertz CT molecular complexity index is 209. The van der Waals surface area contributed by atoms with Crippen LogP contribution in [0.5, 0.6) is 0 Å². The SMILES string of the molecule is N#CO.Sc1ccccc1.[NaH]. The van der Waals surface area contributed by atoms with E-state index in [1.165, 1.54) is 0 Å². The molecule has 0 radical (unpaired) electrons. The number of rotatable bonds is 0. The molecule has 0 saturated carbocycles. The molecule has 0 aliphatic rings. The van der Waals surface area contributed by atoms with Crippen LogP contribution >= 0.6 is 12.6 Å². The third-order valence-corrected chi connectivity index (χ3v) is 1.05. The van der Waals surface area contributed by atoms with E-state index in [0.717, 1.165) is 11.2 Å². The summed E-state index contributed by atoms with van der Waals surface area (Å²) in [4.78, 5) is 1.02. The zero-order chi connectivity index (χ0) is 7.82. The molecule has 0 spiro atoms. The van der Waals surface area contributed by atoms with Crippen molar-refractivity contribution in [1.82, 2.24) is 0 Å². The van der Waals surface area contributed by atoms with E-state index in [9.17, 15) is 0 Å². The number of nitriles is 1. The Morgan fingerprint density at radius 2 is 1.64 bits per heavy atom. The Morgan fingerprint density at radius 1 is 1.27 bits per heavy atom. The molecule has 11 heavy (non-hydrogen) atoms. The van der Waals surface area contributed by atoms with Crippen molar-refractivity contribution in [3.63, 3.8) is 0 Å². The summed E-state index contributed by atoms with van der Waals surface area (Å²) in [6.45, 7) is 0. The summed E-state index contributed by atoms with van der Waals surface area (Å²) in [7, 11) is 0. The fraction of sp³-hybridized carbons (Fsp3) is 0. The summed E-state index contributed by atoms with van der Waals surface area (Å²) < 4.78 is 0. The van der Waals surface area contributed by atoms with Crippen molar-refractivity contribution >= 4 is 42.2 Å². The van der Waals surface area contributed by atoms with Gasteiger partial charge in [0.15, 0.2) is 0 Å². The maximum atomic E-state index is 6.88. The number of nitrogens with zero attached hydrogens (tertiary/aromatic N) is 1. The third kappa shape index (κ3) is 9.86. The van der Waals surface area contributed by atoms with Gasteiger partial charge in [-0.2, -0.15) is 5.26 Å². The first-order valence-electron chi connectivity index (χ1n) is 2.58. The van der Waals surface area contributed by atoms with Crippen molar-refractivity contribution in [3.8, 4) is 6.26 Å². The van der Waals surface area contributed by atoms with Gasteiger partial charge in [-0.3, -0.25) is 0 Å². The number of aliphatic hydroxyl groups is 1. The van der Waals surface area contributed by atoms with Gasteiger partial charge in [0.2, 0.25) is 0 Å². The van der Waals surface area contributed by atoms with E-state index in [-0.39, 0.29) is 29.6 Å². The zero-order valence-corrected chi connectivity index (χ0v) is 6.12. The van der Waals surface area contributed by atoms with Crippen molar-refractivity contribution in [2.75, 3.05) is 0 Å². The zero-order valence-electron chi connectivity index (χ0n) is 5.23. The molecular weight excluding hydrogens is 169 g/mol. The third-order valence-electron chi connectivity index (χ3n) is 0.756. The Balaban J connectivity index is 0. The van der Waals surface area contributed by atoms with Crippen LogP contribution in [0.15, 0.2) is 35.2 Å². The summed E-state index contributed by atoms with van der Waals surface area (Å²) in [5, 5.41) is 13.8. The molecule has 1 rings (SSSR count). The van der Waals surface area contributed by atoms with Crippen LogP contribution in [0, 0.1) is 11.5 Å². The van der Waals surface area contributed by atoms with Crippen LogP contribution in [0.4, 0.5) is 0 Å². The van der Waals surface area contributed by atoms with Gasteiger partial charge in [-0.15, -0.1) is 12.6 Å².